The Hall–Kier alpha value is -2.78. The summed E-state index contributed by atoms with van der Waals surface area (Å²) >= 11 is 1.75. The van der Waals surface area contributed by atoms with E-state index in [1.54, 1.807) is 11.3 Å². The minimum absolute atomic E-state index is 0.0589. The van der Waals surface area contributed by atoms with Gasteiger partial charge in [0.25, 0.3) is 0 Å². The van der Waals surface area contributed by atoms with Crippen LogP contribution in [0.4, 0.5) is 0 Å². The topological polar surface area (TPSA) is 25.8 Å². The van der Waals surface area contributed by atoms with Crippen molar-refractivity contribution >= 4 is 42.4 Å². The zero-order valence-electron chi connectivity index (χ0n) is 15.7. The molecule has 3 aromatic carbocycles. The molecule has 0 N–H and O–H groups in total. The van der Waals surface area contributed by atoms with Crippen molar-refractivity contribution in [2.75, 3.05) is 0 Å². The Morgan fingerprint density at radius 2 is 1.52 bits per heavy atom. The van der Waals surface area contributed by atoms with Crippen molar-refractivity contribution in [1.82, 2.24) is 9.97 Å². The molecule has 0 spiro atoms. The maximum absolute atomic E-state index is 5.07. The number of hydrogen-bond acceptors (Lipinski definition) is 3. The normalized spacial score (nSPS) is 12.3. The lowest BCUT2D eigenvalue weighted by molar-refractivity contribution is 0.575. The molecule has 0 saturated heterocycles. The molecule has 0 bridgehead atoms. The van der Waals surface area contributed by atoms with Gasteiger partial charge in [-0.15, -0.1) is 11.3 Å². The molecular formula is C24H20N2S. The van der Waals surface area contributed by atoms with E-state index in [0.29, 0.717) is 0 Å². The highest BCUT2D eigenvalue weighted by Crippen LogP contribution is 2.39. The van der Waals surface area contributed by atoms with Crippen LogP contribution >= 0.6 is 11.3 Å². The van der Waals surface area contributed by atoms with Gasteiger partial charge in [-0.3, -0.25) is 0 Å². The fraction of sp³-hybridized carbons (Fsp3) is 0.167. The predicted octanol–water partition coefficient (Wildman–Crippen LogP) is 6.96. The number of hydrogen-bond donors (Lipinski definition) is 0. The minimum atomic E-state index is -0.0589. The van der Waals surface area contributed by atoms with Crippen molar-refractivity contribution in [2.24, 2.45) is 0 Å². The van der Waals surface area contributed by atoms with E-state index in [1.165, 1.54) is 26.2 Å². The fourth-order valence-corrected chi connectivity index (χ4v) is 4.70. The second kappa shape index (κ2) is 5.86. The van der Waals surface area contributed by atoms with Crippen molar-refractivity contribution in [3.05, 3.63) is 72.4 Å². The van der Waals surface area contributed by atoms with Crippen molar-refractivity contribution < 1.29 is 0 Å². The number of fused-ring (bicyclic) bond motifs is 4. The largest absolute Gasteiger partial charge is 0.232 e. The van der Waals surface area contributed by atoms with Crippen LogP contribution in [-0.2, 0) is 5.41 Å². The zero-order chi connectivity index (χ0) is 18.6. The number of rotatable bonds is 1. The number of aromatic nitrogens is 2. The molecular weight excluding hydrogens is 348 g/mol. The third-order valence-corrected chi connectivity index (χ3v) is 6.02. The van der Waals surface area contributed by atoms with Crippen LogP contribution in [0.3, 0.4) is 0 Å². The molecule has 132 valence electrons. The maximum atomic E-state index is 5.07. The average molecular weight is 369 g/mol. The van der Waals surface area contributed by atoms with E-state index in [0.717, 1.165) is 21.9 Å². The van der Waals surface area contributed by atoms with Crippen LogP contribution in [0.1, 0.15) is 26.5 Å². The van der Waals surface area contributed by atoms with E-state index < -0.39 is 0 Å². The van der Waals surface area contributed by atoms with Crippen LogP contribution < -0.4 is 0 Å². The fourth-order valence-electron chi connectivity index (χ4n) is 3.62. The molecule has 0 fully saturated rings. The van der Waals surface area contributed by atoms with E-state index in [-0.39, 0.29) is 5.41 Å². The highest BCUT2D eigenvalue weighted by atomic mass is 32.1. The first kappa shape index (κ1) is 16.4. The number of thiophene rings is 1. The molecule has 27 heavy (non-hydrogen) atoms. The first-order valence-electron chi connectivity index (χ1n) is 9.20. The van der Waals surface area contributed by atoms with Crippen LogP contribution in [0.25, 0.3) is 42.5 Å². The summed E-state index contributed by atoms with van der Waals surface area (Å²) in [5.74, 6) is 0.810. The Bertz CT molecular complexity index is 1310. The molecule has 0 amide bonds. The molecule has 0 unspecified atom stereocenters. The highest BCUT2D eigenvalue weighted by molar-refractivity contribution is 7.25. The third kappa shape index (κ3) is 2.70. The van der Waals surface area contributed by atoms with E-state index in [2.05, 4.69) is 87.5 Å². The maximum Gasteiger partial charge on any atom is 0.161 e. The molecule has 0 saturated carbocycles. The summed E-state index contributed by atoms with van der Waals surface area (Å²) in [7, 11) is 0. The first-order valence-corrected chi connectivity index (χ1v) is 10.0. The summed E-state index contributed by atoms with van der Waals surface area (Å²) in [6.45, 7) is 6.68. The van der Waals surface area contributed by atoms with Gasteiger partial charge >= 0.3 is 0 Å². The van der Waals surface area contributed by atoms with Gasteiger partial charge in [-0.2, -0.15) is 0 Å². The summed E-state index contributed by atoms with van der Waals surface area (Å²) < 4.78 is 1.27. The van der Waals surface area contributed by atoms with Crippen LogP contribution in [0, 0.1) is 0 Å². The van der Waals surface area contributed by atoms with Gasteiger partial charge in [0.15, 0.2) is 5.82 Å². The van der Waals surface area contributed by atoms with Gasteiger partial charge < -0.3 is 0 Å². The van der Waals surface area contributed by atoms with E-state index in [9.17, 15) is 0 Å². The van der Waals surface area contributed by atoms with Gasteiger partial charge in [0, 0.05) is 26.5 Å². The lowest BCUT2D eigenvalue weighted by Crippen LogP contribution is -2.15. The van der Waals surface area contributed by atoms with Crippen molar-refractivity contribution in [2.45, 2.75) is 26.2 Å². The zero-order valence-corrected chi connectivity index (χ0v) is 16.5. The standard InChI is InChI=1S/C24H20N2S/c1-24(2,3)21-20-18-10-6-7-11-19(18)27-23(20)26-22(25-21)17-13-12-15-8-4-5-9-16(15)14-17/h4-14H,1-3H3. The third-order valence-electron chi connectivity index (χ3n) is 4.96. The SMILES string of the molecule is CC(C)(C)c1nc(-c2ccc3ccccc3c2)nc2sc3ccccc3c12. The molecule has 2 heterocycles. The van der Waals surface area contributed by atoms with E-state index >= 15 is 0 Å². The molecule has 0 atom stereocenters. The van der Waals surface area contributed by atoms with Crippen molar-refractivity contribution in [3.8, 4) is 11.4 Å². The van der Waals surface area contributed by atoms with Crippen LogP contribution in [0.2, 0.25) is 0 Å². The monoisotopic (exact) mass is 368 g/mol. The van der Waals surface area contributed by atoms with Gasteiger partial charge in [0.1, 0.15) is 4.83 Å². The Kier molecular flexibility index (Phi) is 3.56. The summed E-state index contributed by atoms with van der Waals surface area (Å²) in [6, 6.07) is 23.4. The average Bonchev–Trinajstić information content (AvgIpc) is 3.04. The molecule has 2 aromatic heterocycles. The molecule has 2 nitrogen and oxygen atoms in total. The summed E-state index contributed by atoms with van der Waals surface area (Å²) in [6.07, 6.45) is 0. The minimum Gasteiger partial charge on any atom is -0.232 e. The van der Waals surface area contributed by atoms with Crippen molar-refractivity contribution in [3.63, 3.8) is 0 Å². The molecule has 3 heteroatoms. The second-order valence-corrected chi connectivity index (χ2v) is 9.02. The Balaban J connectivity index is 1.83. The van der Waals surface area contributed by atoms with Crippen molar-refractivity contribution in [1.29, 1.82) is 0 Å². The summed E-state index contributed by atoms with van der Waals surface area (Å²) in [4.78, 5) is 11.1. The quantitative estimate of drug-likeness (QED) is 0.319. The predicted molar refractivity (Wildman–Crippen MR) is 117 cm³/mol. The highest BCUT2D eigenvalue weighted by Gasteiger charge is 2.24. The molecule has 0 aliphatic heterocycles. The van der Waals surface area contributed by atoms with Gasteiger partial charge in [-0.25, -0.2) is 9.97 Å². The molecule has 5 aromatic rings. The van der Waals surface area contributed by atoms with E-state index in [1.807, 2.05) is 0 Å². The molecule has 0 radical (unpaired) electrons. The summed E-state index contributed by atoms with van der Waals surface area (Å²) in [5.41, 5.74) is 2.13. The van der Waals surface area contributed by atoms with Crippen LogP contribution in [0.5, 0.6) is 0 Å². The molecule has 5 rings (SSSR count). The Morgan fingerprint density at radius 3 is 2.33 bits per heavy atom. The molecule has 0 aliphatic rings. The summed E-state index contributed by atoms with van der Waals surface area (Å²) in [5, 5.41) is 4.91. The first-order chi connectivity index (χ1) is 13.0. The number of benzene rings is 3. The molecule has 0 aliphatic carbocycles. The number of nitrogens with zero attached hydrogens (tertiary/aromatic N) is 2. The van der Waals surface area contributed by atoms with Gasteiger partial charge in [0.05, 0.1) is 5.69 Å². The van der Waals surface area contributed by atoms with Crippen LogP contribution in [0.15, 0.2) is 66.7 Å². The lowest BCUT2D eigenvalue weighted by Gasteiger charge is -2.20. The van der Waals surface area contributed by atoms with Gasteiger partial charge in [-0.05, 0) is 22.9 Å². The Labute approximate surface area is 162 Å². The smallest absolute Gasteiger partial charge is 0.161 e. The van der Waals surface area contributed by atoms with E-state index in [4.69, 9.17) is 9.97 Å². The Morgan fingerprint density at radius 1 is 0.778 bits per heavy atom. The second-order valence-electron chi connectivity index (χ2n) is 7.99. The van der Waals surface area contributed by atoms with Gasteiger partial charge in [0.2, 0.25) is 0 Å². The van der Waals surface area contributed by atoms with Gasteiger partial charge in [-0.1, -0.05) is 75.4 Å². The lowest BCUT2D eigenvalue weighted by atomic mass is 9.89. The van der Waals surface area contributed by atoms with Crippen LogP contribution in [-0.4, -0.2) is 9.97 Å².